The van der Waals surface area contributed by atoms with Gasteiger partial charge in [-0.2, -0.15) is 0 Å². The maximum atomic E-state index is 5.97. The monoisotopic (exact) mass is 252 g/mol. The highest BCUT2D eigenvalue weighted by atomic mass is 35.5. The Morgan fingerprint density at radius 2 is 2.31 bits per heavy atom. The Bertz CT molecular complexity index is 441. The molecular formula is C12H13ClN2S. The first-order valence-electron chi connectivity index (χ1n) is 5.20. The molecule has 2 rings (SSSR count). The van der Waals surface area contributed by atoms with Gasteiger partial charge in [0.05, 0.1) is 10.4 Å². The van der Waals surface area contributed by atoms with E-state index in [0.717, 1.165) is 10.9 Å². The Morgan fingerprint density at radius 3 is 2.88 bits per heavy atom. The predicted octanol–water partition coefficient (Wildman–Crippen LogP) is 3.50. The molecule has 0 aromatic carbocycles. The number of nitrogens with one attached hydrogen (secondary N) is 1. The number of hydrogen-bond donors (Lipinski definition) is 1. The van der Waals surface area contributed by atoms with Gasteiger partial charge >= 0.3 is 0 Å². The molecule has 2 heterocycles. The van der Waals surface area contributed by atoms with Crippen LogP contribution in [0.1, 0.15) is 23.4 Å². The molecule has 0 spiro atoms. The van der Waals surface area contributed by atoms with Crippen LogP contribution < -0.4 is 5.32 Å². The summed E-state index contributed by atoms with van der Waals surface area (Å²) in [7, 11) is 0. The van der Waals surface area contributed by atoms with Crippen LogP contribution in [-0.2, 0) is 0 Å². The van der Waals surface area contributed by atoms with Gasteiger partial charge in [-0.25, -0.2) is 0 Å². The molecular weight excluding hydrogens is 240 g/mol. The minimum absolute atomic E-state index is 0.191. The maximum absolute atomic E-state index is 5.97. The summed E-state index contributed by atoms with van der Waals surface area (Å²) in [6.45, 7) is 3.01. The Hall–Kier alpha value is -0.900. The zero-order valence-electron chi connectivity index (χ0n) is 8.98. The third kappa shape index (κ3) is 2.61. The molecule has 2 aromatic heterocycles. The third-order valence-corrected chi connectivity index (χ3v) is 3.60. The second kappa shape index (κ2) is 5.43. The van der Waals surface area contributed by atoms with E-state index in [0.29, 0.717) is 0 Å². The summed E-state index contributed by atoms with van der Waals surface area (Å²) in [6, 6.07) is 8.22. The summed E-state index contributed by atoms with van der Waals surface area (Å²) in [5.41, 5.74) is 1.17. The van der Waals surface area contributed by atoms with Crippen LogP contribution in [-0.4, -0.2) is 11.5 Å². The molecule has 2 aromatic rings. The lowest BCUT2D eigenvalue weighted by Crippen LogP contribution is -2.21. The number of pyridine rings is 1. The average Bonchev–Trinajstić information content (AvgIpc) is 2.74. The van der Waals surface area contributed by atoms with Crippen molar-refractivity contribution >= 4 is 22.9 Å². The molecule has 0 fully saturated rings. The van der Waals surface area contributed by atoms with Crippen molar-refractivity contribution in [2.75, 3.05) is 6.54 Å². The fourth-order valence-corrected chi connectivity index (χ4v) is 2.78. The standard InChI is InChI=1S/C12H13ClN2S/c1-2-15-12(9-4-3-7-14-8-9)10-5-6-11(13)16-10/h3-8,12,15H,2H2,1H3/t12-/m1/s1. The van der Waals surface area contributed by atoms with E-state index < -0.39 is 0 Å². The highest BCUT2D eigenvalue weighted by molar-refractivity contribution is 7.16. The molecule has 2 nitrogen and oxygen atoms in total. The Kier molecular flexibility index (Phi) is 3.93. The molecule has 0 unspecified atom stereocenters. The first-order valence-corrected chi connectivity index (χ1v) is 6.39. The minimum Gasteiger partial charge on any atom is -0.306 e. The largest absolute Gasteiger partial charge is 0.306 e. The van der Waals surface area contributed by atoms with Crippen LogP contribution in [0, 0.1) is 0 Å². The number of hydrogen-bond acceptors (Lipinski definition) is 3. The molecule has 0 aliphatic heterocycles. The lowest BCUT2D eigenvalue weighted by Gasteiger charge is -2.16. The Morgan fingerprint density at radius 1 is 1.44 bits per heavy atom. The van der Waals surface area contributed by atoms with E-state index in [9.17, 15) is 0 Å². The van der Waals surface area contributed by atoms with Gasteiger partial charge in [0.15, 0.2) is 0 Å². The number of thiophene rings is 1. The lowest BCUT2D eigenvalue weighted by molar-refractivity contribution is 0.637. The summed E-state index contributed by atoms with van der Waals surface area (Å²) in [5, 5.41) is 3.44. The van der Waals surface area contributed by atoms with Crippen molar-refractivity contribution in [1.29, 1.82) is 0 Å². The quantitative estimate of drug-likeness (QED) is 0.901. The van der Waals surface area contributed by atoms with Gasteiger partial charge in [-0.3, -0.25) is 4.98 Å². The van der Waals surface area contributed by atoms with Gasteiger partial charge in [0.25, 0.3) is 0 Å². The van der Waals surface area contributed by atoms with E-state index in [1.54, 1.807) is 17.5 Å². The molecule has 0 aliphatic rings. The lowest BCUT2D eigenvalue weighted by atomic mass is 10.1. The summed E-state index contributed by atoms with van der Waals surface area (Å²) >= 11 is 7.57. The predicted molar refractivity (Wildman–Crippen MR) is 69.1 cm³/mol. The molecule has 84 valence electrons. The van der Waals surface area contributed by atoms with Crippen LogP contribution in [0.5, 0.6) is 0 Å². The second-order valence-electron chi connectivity index (χ2n) is 3.42. The normalized spacial score (nSPS) is 12.6. The molecule has 0 aliphatic carbocycles. The van der Waals surface area contributed by atoms with Gasteiger partial charge in [-0.15, -0.1) is 11.3 Å². The van der Waals surface area contributed by atoms with E-state index in [1.807, 2.05) is 18.3 Å². The molecule has 1 atom stereocenters. The summed E-state index contributed by atoms with van der Waals surface area (Å²) in [4.78, 5) is 5.37. The van der Waals surface area contributed by atoms with Crippen molar-refractivity contribution in [3.63, 3.8) is 0 Å². The second-order valence-corrected chi connectivity index (χ2v) is 5.17. The Balaban J connectivity index is 2.31. The highest BCUT2D eigenvalue weighted by Crippen LogP contribution is 2.30. The fraction of sp³-hybridized carbons (Fsp3) is 0.250. The number of halogens is 1. The molecule has 0 bridgehead atoms. The number of nitrogens with zero attached hydrogens (tertiary/aromatic N) is 1. The smallest absolute Gasteiger partial charge is 0.0931 e. The molecule has 0 saturated carbocycles. The van der Waals surface area contributed by atoms with Crippen molar-refractivity contribution in [3.05, 3.63) is 51.4 Å². The topological polar surface area (TPSA) is 24.9 Å². The van der Waals surface area contributed by atoms with Gasteiger partial charge in [-0.05, 0) is 30.3 Å². The van der Waals surface area contributed by atoms with E-state index in [1.165, 1.54) is 10.4 Å². The highest BCUT2D eigenvalue weighted by Gasteiger charge is 2.14. The van der Waals surface area contributed by atoms with Gasteiger partial charge in [-0.1, -0.05) is 24.6 Å². The SMILES string of the molecule is CCN[C@H](c1cccnc1)c1ccc(Cl)s1. The van der Waals surface area contributed by atoms with Gasteiger partial charge in [0, 0.05) is 17.3 Å². The van der Waals surface area contributed by atoms with Crippen LogP contribution in [0.2, 0.25) is 4.34 Å². The van der Waals surface area contributed by atoms with Gasteiger partial charge in [0.1, 0.15) is 0 Å². The molecule has 0 amide bonds. The van der Waals surface area contributed by atoms with Crippen LogP contribution in [0.15, 0.2) is 36.7 Å². The maximum Gasteiger partial charge on any atom is 0.0931 e. The molecule has 1 N–H and O–H groups in total. The van der Waals surface area contributed by atoms with Crippen molar-refractivity contribution in [1.82, 2.24) is 10.3 Å². The molecule has 16 heavy (non-hydrogen) atoms. The van der Waals surface area contributed by atoms with E-state index in [4.69, 9.17) is 11.6 Å². The summed E-state index contributed by atoms with van der Waals surface area (Å²) < 4.78 is 0.821. The fourth-order valence-electron chi connectivity index (χ4n) is 1.62. The van der Waals surface area contributed by atoms with Gasteiger partial charge < -0.3 is 5.32 Å². The van der Waals surface area contributed by atoms with E-state index in [-0.39, 0.29) is 6.04 Å². The first kappa shape index (κ1) is 11.6. The van der Waals surface area contributed by atoms with Crippen molar-refractivity contribution < 1.29 is 0 Å². The van der Waals surface area contributed by atoms with Gasteiger partial charge in [0.2, 0.25) is 0 Å². The van der Waals surface area contributed by atoms with Crippen molar-refractivity contribution in [2.45, 2.75) is 13.0 Å². The zero-order chi connectivity index (χ0) is 11.4. The third-order valence-electron chi connectivity index (χ3n) is 2.30. The number of rotatable bonds is 4. The summed E-state index contributed by atoms with van der Waals surface area (Å²) in [6.07, 6.45) is 3.68. The van der Waals surface area contributed by atoms with E-state index in [2.05, 4.69) is 29.4 Å². The summed E-state index contributed by atoms with van der Waals surface area (Å²) in [5.74, 6) is 0. The Labute approximate surface area is 104 Å². The average molecular weight is 253 g/mol. The van der Waals surface area contributed by atoms with Crippen LogP contribution in [0.25, 0.3) is 0 Å². The van der Waals surface area contributed by atoms with Crippen LogP contribution in [0.3, 0.4) is 0 Å². The van der Waals surface area contributed by atoms with Crippen LogP contribution in [0.4, 0.5) is 0 Å². The number of aromatic nitrogens is 1. The minimum atomic E-state index is 0.191. The van der Waals surface area contributed by atoms with E-state index >= 15 is 0 Å². The van der Waals surface area contributed by atoms with Crippen LogP contribution >= 0.6 is 22.9 Å². The van der Waals surface area contributed by atoms with Crippen molar-refractivity contribution in [2.24, 2.45) is 0 Å². The van der Waals surface area contributed by atoms with Crippen molar-refractivity contribution in [3.8, 4) is 0 Å². The molecule has 0 saturated heterocycles. The first-order chi connectivity index (χ1) is 7.81. The molecule has 0 radical (unpaired) electrons. The zero-order valence-corrected chi connectivity index (χ0v) is 10.6. The molecule has 4 heteroatoms.